The summed E-state index contributed by atoms with van der Waals surface area (Å²) in [4.78, 5) is 11.4. The topological polar surface area (TPSA) is 52.3 Å². The minimum absolute atomic E-state index is 0.234. The zero-order valence-corrected chi connectivity index (χ0v) is 9.71. The molecule has 0 aliphatic heterocycles. The van der Waals surface area contributed by atoms with Gasteiger partial charge in [0.1, 0.15) is 6.04 Å². The summed E-state index contributed by atoms with van der Waals surface area (Å²) >= 11 is 0. The molecule has 1 saturated carbocycles. The van der Waals surface area contributed by atoms with E-state index in [9.17, 15) is 4.79 Å². The molecule has 3 nitrogen and oxygen atoms in total. The Kier molecular flexibility index (Phi) is 5.69. The Morgan fingerprint density at radius 3 is 2.47 bits per heavy atom. The number of ether oxygens (including phenoxy) is 1. The van der Waals surface area contributed by atoms with Crippen molar-refractivity contribution in [3.05, 3.63) is 0 Å². The van der Waals surface area contributed by atoms with Crippen LogP contribution in [0.3, 0.4) is 0 Å². The Bertz CT molecular complexity index is 186. The summed E-state index contributed by atoms with van der Waals surface area (Å²) in [5.41, 5.74) is 5.81. The Hall–Kier alpha value is -0.570. The van der Waals surface area contributed by atoms with Crippen LogP contribution in [-0.4, -0.2) is 18.6 Å². The van der Waals surface area contributed by atoms with Gasteiger partial charge < -0.3 is 10.5 Å². The van der Waals surface area contributed by atoms with E-state index in [0.29, 0.717) is 12.5 Å². The molecule has 0 aromatic carbocycles. The Balaban J connectivity index is 2.28. The molecule has 88 valence electrons. The van der Waals surface area contributed by atoms with Crippen molar-refractivity contribution >= 4 is 5.97 Å². The number of esters is 1. The molecule has 1 aliphatic rings. The summed E-state index contributed by atoms with van der Waals surface area (Å²) in [6.45, 7) is 2.24. The van der Waals surface area contributed by atoms with E-state index in [-0.39, 0.29) is 5.97 Å². The lowest BCUT2D eigenvalue weighted by Gasteiger charge is -2.17. The zero-order chi connectivity index (χ0) is 11.1. The standard InChI is InChI=1S/C12H23NO2/c1-2-15-12(14)11(13)9-10-7-5-3-4-6-8-10/h10-11H,2-9,13H2,1H3/t11-/m0/s1. The van der Waals surface area contributed by atoms with Gasteiger partial charge in [0.05, 0.1) is 6.61 Å². The highest BCUT2D eigenvalue weighted by molar-refractivity contribution is 5.75. The summed E-state index contributed by atoms with van der Waals surface area (Å²) in [6.07, 6.45) is 8.52. The second-order valence-corrected chi connectivity index (χ2v) is 4.45. The van der Waals surface area contributed by atoms with Crippen LogP contribution in [0.4, 0.5) is 0 Å². The van der Waals surface area contributed by atoms with Crippen LogP contribution in [0.25, 0.3) is 0 Å². The van der Waals surface area contributed by atoms with Crippen molar-refractivity contribution in [2.75, 3.05) is 6.61 Å². The van der Waals surface area contributed by atoms with Gasteiger partial charge in [0.25, 0.3) is 0 Å². The van der Waals surface area contributed by atoms with Crippen LogP contribution >= 0.6 is 0 Å². The monoisotopic (exact) mass is 213 g/mol. The Labute approximate surface area is 92.4 Å². The van der Waals surface area contributed by atoms with Gasteiger partial charge in [-0.15, -0.1) is 0 Å². The van der Waals surface area contributed by atoms with E-state index in [1.54, 1.807) is 0 Å². The normalized spacial score (nSPS) is 20.7. The molecule has 0 aromatic rings. The van der Waals surface area contributed by atoms with E-state index in [1.165, 1.54) is 38.5 Å². The quantitative estimate of drug-likeness (QED) is 0.575. The molecule has 1 aliphatic carbocycles. The fourth-order valence-corrected chi connectivity index (χ4v) is 2.30. The molecule has 0 aromatic heterocycles. The van der Waals surface area contributed by atoms with Crippen molar-refractivity contribution in [2.24, 2.45) is 11.7 Å². The maximum atomic E-state index is 11.4. The highest BCUT2D eigenvalue weighted by Gasteiger charge is 2.21. The number of carbonyl (C=O) groups excluding carboxylic acids is 1. The first-order valence-electron chi connectivity index (χ1n) is 6.16. The first-order chi connectivity index (χ1) is 7.24. The second kappa shape index (κ2) is 6.83. The van der Waals surface area contributed by atoms with Gasteiger partial charge in [0, 0.05) is 0 Å². The van der Waals surface area contributed by atoms with E-state index in [4.69, 9.17) is 10.5 Å². The van der Waals surface area contributed by atoms with E-state index >= 15 is 0 Å². The molecule has 2 N–H and O–H groups in total. The lowest BCUT2D eigenvalue weighted by molar-refractivity contribution is -0.145. The molecule has 0 heterocycles. The van der Waals surface area contributed by atoms with Gasteiger partial charge in [-0.25, -0.2) is 0 Å². The Morgan fingerprint density at radius 2 is 1.93 bits per heavy atom. The van der Waals surface area contributed by atoms with Crippen LogP contribution in [0.1, 0.15) is 51.9 Å². The summed E-state index contributed by atoms with van der Waals surface area (Å²) in [6, 6.07) is -0.409. The number of carbonyl (C=O) groups is 1. The molecule has 1 fully saturated rings. The van der Waals surface area contributed by atoms with Crippen molar-refractivity contribution in [1.82, 2.24) is 0 Å². The average molecular weight is 213 g/mol. The number of hydrogen-bond acceptors (Lipinski definition) is 3. The maximum absolute atomic E-state index is 11.4. The molecule has 0 spiro atoms. The smallest absolute Gasteiger partial charge is 0.322 e. The van der Waals surface area contributed by atoms with Crippen molar-refractivity contribution < 1.29 is 9.53 Å². The third-order valence-electron chi connectivity index (χ3n) is 3.15. The van der Waals surface area contributed by atoms with Crippen molar-refractivity contribution in [1.29, 1.82) is 0 Å². The van der Waals surface area contributed by atoms with Crippen molar-refractivity contribution in [3.63, 3.8) is 0 Å². The van der Waals surface area contributed by atoms with E-state index in [2.05, 4.69) is 0 Å². The van der Waals surface area contributed by atoms with Crippen LogP contribution in [-0.2, 0) is 9.53 Å². The first kappa shape index (κ1) is 12.5. The van der Waals surface area contributed by atoms with Gasteiger partial charge in [0.15, 0.2) is 0 Å². The number of hydrogen-bond donors (Lipinski definition) is 1. The van der Waals surface area contributed by atoms with Gasteiger partial charge in [-0.1, -0.05) is 38.5 Å². The lowest BCUT2D eigenvalue weighted by Crippen LogP contribution is -2.34. The highest BCUT2D eigenvalue weighted by atomic mass is 16.5. The van der Waals surface area contributed by atoms with Gasteiger partial charge >= 0.3 is 5.97 Å². The third kappa shape index (κ3) is 4.65. The van der Waals surface area contributed by atoms with Crippen molar-refractivity contribution in [2.45, 2.75) is 57.9 Å². The molecule has 0 unspecified atom stereocenters. The molecule has 3 heteroatoms. The van der Waals surface area contributed by atoms with Gasteiger partial charge in [-0.2, -0.15) is 0 Å². The molecule has 1 atom stereocenters. The van der Waals surface area contributed by atoms with Crippen LogP contribution in [0.15, 0.2) is 0 Å². The fraction of sp³-hybridized carbons (Fsp3) is 0.917. The predicted molar refractivity (Wildman–Crippen MR) is 60.4 cm³/mol. The molecular formula is C12H23NO2. The van der Waals surface area contributed by atoms with Crippen molar-refractivity contribution in [3.8, 4) is 0 Å². The largest absolute Gasteiger partial charge is 0.465 e. The molecule has 0 amide bonds. The summed E-state index contributed by atoms with van der Waals surface area (Å²) in [7, 11) is 0. The fourth-order valence-electron chi connectivity index (χ4n) is 2.30. The molecular weight excluding hydrogens is 190 g/mol. The summed E-state index contributed by atoms with van der Waals surface area (Å²) in [5, 5.41) is 0. The van der Waals surface area contributed by atoms with Gasteiger partial charge in [0.2, 0.25) is 0 Å². The number of nitrogens with two attached hydrogens (primary N) is 1. The minimum Gasteiger partial charge on any atom is -0.465 e. The second-order valence-electron chi connectivity index (χ2n) is 4.45. The van der Waals surface area contributed by atoms with Crippen LogP contribution < -0.4 is 5.73 Å². The minimum atomic E-state index is -0.409. The van der Waals surface area contributed by atoms with E-state index < -0.39 is 6.04 Å². The van der Waals surface area contributed by atoms with Crippen LogP contribution in [0.5, 0.6) is 0 Å². The molecule has 0 bridgehead atoms. The molecule has 0 saturated heterocycles. The summed E-state index contributed by atoms with van der Waals surface area (Å²) in [5.74, 6) is 0.397. The zero-order valence-electron chi connectivity index (χ0n) is 9.71. The molecule has 15 heavy (non-hydrogen) atoms. The number of rotatable bonds is 4. The van der Waals surface area contributed by atoms with Gasteiger partial charge in [-0.3, -0.25) is 4.79 Å². The van der Waals surface area contributed by atoms with Crippen LogP contribution in [0.2, 0.25) is 0 Å². The first-order valence-corrected chi connectivity index (χ1v) is 6.16. The lowest BCUT2D eigenvalue weighted by atomic mass is 9.93. The highest BCUT2D eigenvalue weighted by Crippen LogP contribution is 2.26. The van der Waals surface area contributed by atoms with Gasteiger partial charge in [-0.05, 0) is 19.3 Å². The summed E-state index contributed by atoms with van der Waals surface area (Å²) < 4.78 is 4.91. The van der Waals surface area contributed by atoms with E-state index in [1.807, 2.05) is 6.92 Å². The third-order valence-corrected chi connectivity index (χ3v) is 3.15. The average Bonchev–Trinajstić information content (AvgIpc) is 2.46. The Morgan fingerprint density at radius 1 is 1.33 bits per heavy atom. The van der Waals surface area contributed by atoms with E-state index in [0.717, 1.165) is 6.42 Å². The predicted octanol–water partition coefficient (Wildman–Crippen LogP) is 2.24. The SMILES string of the molecule is CCOC(=O)[C@@H](N)CC1CCCCCC1. The molecule has 1 rings (SSSR count). The molecule has 0 radical (unpaired) electrons. The maximum Gasteiger partial charge on any atom is 0.322 e. The van der Waals surface area contributed by atoms with Crippen LogP contribution in [0, 0.1) is 5.92 Å².